The topological polar surface area (TPSA) is 93.2 Å². The number of nitrogens with zero attached hydrogens (tertiary/aromatic N) is 6. The van der Waals surface area contributed by atoms with Crippen molar-refractivity contribution in [3.8, 4) is 11.3 Å². The summed E-state index contributed by atoms with van der Waals surface area (Å²) in [4.78, 5) is 25.4. The molecule has 2 N–H and O–H groups in total. The van der Waals surface area contributed by atoms with Crippen molar-refractivity contribution in [3.05, 3.63) is 78.6 Å². The lowest BCUT2D eigenvalue weighted by molar-refractivity contribution is -0.127. The predicted molar refractivity (Wildman–Crippen MR) is 151 cm³/mol. The summed E-state index contributed by atoms with van der Waals surface area (Å²) >= 11 is 0. The molecule has 0 saturated carbocycles. The maximum atomic E-state index is 12.3. The van der Waals surface area contributed by atoms with E-state index in [1.165, 1.54) is 29.2 Å². The van der Waals surface area contributed by atoms with E-state index in [9.17, 15) is 4.79 Å². The summed E-state index contributed by atoms with van der Waals surface area (Å²) in [6.45, 7) is 9.17. The molecule has 2 atom stereocenters. The van der Waals surface area contributed by atoms with Gasteiger partial charge in [0, 0.05) is 37.4 Å². The lowest BCUT2D eigenvalue weighted by Gasteiger charge is -2.35. The van der Waals surface area contributed by atoms with E-state index < -0.39 is 0 Å². The predicted octanol–water partition coefficient (Wildman–Crippen LogP) is 4.62. The smallest absolute Gasteiger partial charge is 0.246 e. The number of carbonyl (C=O) groups excluding carboxylic acids is 1. The van der Waals surface area contributed by atoms with Gasteiger partial charge in [-0.2, -0.15) is 5.10 Å². The van der Waals surface area contributed by atoms with E-state index in [-0.39, 0.29) is 11.9 Å². The molecule has 8 nitrogen and oxygen atoms in total. The first-order valence-corrected chi connectivity index (χ1v) is 13.3. The number of fused-ring (bicyclic) bond motifs is 2. The maximum absolute atomic E-state index is 12.3. The molecule has 194 valence electrons. The first-order valence-electron chi connectivity index (χ1n) is 13.3. The minimum absolute atomic E-state index is 0.0126. The lowest BCUT2D eigenvalue weighted by atomic mass is 9.93. The molecule has 2 aromatic carbocycles. The summed E-state index contributed by atoms with van der Waals surface area (Å²) in [5.41, 5.74) is 12.8. The van der Waals surface area contributed by atoms with Crippen LogP contribution in [0.3, 0.4) is 0 Å². The average Bonchev–Trinajstić information content (AvgIpc) is 3.34. The highest BCUT2D eigenvalue weighted by atomic mass is 16.2. The zero-order chi connectivity index (χ0) is 26.2. The zero-order valence-electron chi connectivity index (χ0n) is 21.8. The Bertz CT molecular complexity index is 1490. The second-order valence-corrected chi connectivity index (χ2v) is 10.6. The quantitative estimate of drug-likeness (QED) is 0.396. The second kappa shape index (κ2) is 9.93. The molecule has 4 aromatic rings. The first-order chi connectivity index (χ1) is 18.5. The molecule has 2 aliphatic heterocycles. The highest BCUT2D eigenvalue weighted by Crippen LogP contribution is 2.35. The average molecular weight is 508 g/mol. The van der Waals surface area contributed by atoms with Gasteiger partial charge in [0.2, 0.25) is 5.91 Å². The Balaban J connectivity index is 1.31. The van der Waals surface area contributed by atoms with Gasteiger partial charge in [0.05, 0.1) is 11.4 Å². The van der Waals surface area contributed by atoms with E-state index in [1.807, 2.05) is 9.58 Å². The van der Waals surface area contributed by atoms with Crippen LogP contribution in [0.5, 0.6) is 0 Å². The van der Waals surface area contributed by atoms with Gasteiger partial charge in [-0.1, -0.05) is 56.0 Å². The largest absolute Gasteiger partial charge is 0.383 e. The fraction of sp³-hybridized carbons (Fsp3) is 0.333. The van der Waals surface area contributed by atoms with E-state index in [0.717, 1.165) is 55.5 Å². The summed E-state index contributed by atoms with van der Waals surface area (Å²) in [7, 11) is 0. The standard InChI is InChI=1S/C30H33N7O/c1-3-26(38)35-14-6-8-24(18-35)37-30-27(29(31)32-19-33-30)28(34-37)22-12-10-21(11-13-22)17-36-16-20(2)15-23-7-4-5-9-25(23)36/h3-5,7,9-13,19-20,24H,1,6,8,14-18H2,2H3,(H2,31,32,33). The van der Waals surface area contributed by atoms with Gasteiger partial charge in [-0.15, -0.1) is 0 Å². The van der Waals surface area contributed by atoms with Gasteiger partial charge in [-0.25, -0.2) is 14.6 Å². The van der Waals surface area contributed by atoms with Crippen LogP contribution in [-0.4, -0.2) is 50.2 Å². The van der Waals surface area contributed by atoms with Crippen molar-refractivity contribution >= 4 is 28.4 Å². The van der Waals surface area contributed by atoms with Crippen LogP contribution in [-0.2, 0) is 17.8 Å². The Morgan fingerprint density at radius 3 is 2.76 bits per heavy atom. The number of amides is 1. The molecule has 6 rings (SSSR count). The van der Waals surface area contributed by atoms with Gasteiger partial charge in [0.1, 0.15) is 17.8 Å². The van der Waals surface area contributed by atoms with E-state index in [0.29, 0.717) is 23.9 Å². The normalized spacial score (nSPS) is 19.4. The van der Waals surface area contributed by atoms with Crippen LogP contribution in [0.2, 0.25) is 0 Å². The van der Waals surface area contributed by atoms with Crippen molar-refractivity contribution in [2.75, 3.05) is 30.3 Å². The van der Waals surface area contributed by atoms with Crippen LogP contribution >= 0.6 is 0 Å². The van der Waals surface area contributed by atoms with E-state index in [4.69, 9.17) is 10.8 Å². The van der Waals surface area contributed by atoms with E-state index in [1.54, 1.807) is 0 Å². The Hall–Kier alpha value is -4.20. The molecule has 38 heavy (non-hydrogen) atoms. The Morgan fingerprint density at radius 2 is 1.95 bits per heavy atom. The van der Waals surface area contributed by atoms with Gasteiger partial charge in [0.15, 0.2) is 5.65 Å². The number of rotatable bonds is 5. The Morgan fingerprint density at radius 1 is 1.13 bits per heavy atom. The number of para-hydroxylation sites is 1. The minimum atomic E-state index is -0.0539. The number of nitrogens with two attached hydrogens (primary N) is 1. The van der Waals surface area contributed by atoms with Crippen LogP contribution in [0.15, 0.2) is 67.5 Å². The van der Waals surface area contributed by atoms with Crippen molar-refractivity contribution in [1.29, 1.82) is 0 Å². The van der Waals surface area contributed by atoms with Gasteiger partial charge in [0.25, 0.3) is 0 Å². The minimum Gasteiger partial charge on any atom is -0.383 e. The molecule has 0 bridgehead atoms. The number of anilines is 2. The van der Waals surface area contributed by atoms with Gasteiger partial charge >= 0.3 is 0 Å². The van der Waals surface area contributed by atoms with Crippen molar-refractivity contribution < 1.29 is 4.79 Å². The molecular formula is C30H33N7O. The summed E-state index contributed by atoms with van der Waals surface area (Å²) in [5, 5.41) is 5.76. The summed E-state index contributed by atoms with van der Waals surface area (Å²) in [6, 6.07) is 17.3. The Kier molecular flexibility index (Phi) is 6.31. The summed E-state index contributed by atoms with van der Waals surface area (Å²) in [6.07, 6.45) is 5.80. The fourth-order valence-corrected chi connectivity index (χ4v) is 5.98. The van der Waals surface area contributed by atoms with Crippen molar-refractivity contribution in [2.24, 2.45) is 5.92 Å². The molecule has 4 heterocycles. The molecule has 1 fully saturated rings. The van der Waals surface area contributed by atoms with Gasteiger partial charge in [-0.05, 0) is 48.4 Å². The molecule has 2 aromatic heterocycles. The molecule has 8 heteroatoms. The van der Waals surface area contributed by atoms with Gasteiger partial charge in [-0.3, -0.25) is 4.79 Å². The first kappa shape index (κ1) is 24.2. The maximum Gasteiger partial charge on any atom is 0.246 e. The number of nitrogen functional groups attached to an aromatic ring is 1. The highest BCUT2D eigenvalue weighted by Gasteiger charge is 2.28. The van der Waals surface area contributed by atoms with E-state index >= 15 is 0 Å². The number of benzene rings is 2. The zero-order valence-corrected chi connectivity index (χ0v) is 21.8. The Labute approximate surface area is 222 Å². The number of hydrogen-bond donors (Lipinski definition) is 1. The number of aromatic nitrogens is 4. The fourth-order valence-electron chi connectivity index (χ4n) is 5.98. The van der Waals surface area contributed by atoms with Crippen molar-refractivity contribution in [1.82, 2.24) is 24.6 Å². The molecule has 1 amide bonds. The van der Waals surface area contributed by atoms with E-state index in [2.05, 4.69) is 76.9 Å². The number of piperidine rings is 1. The van der Waals surface area contributed by atoms with Crippen molar-refractivity contribution in [3.63, 3.8) is 0 Å². The SMILES string of the molecule is C=CC(=O)N1CCCC(n2nc(-c3ccc(CN4CC(C)Cc5ccccc54)cc3)c3c(N)ncnc32)C1. The van der Waals surface area contributed by atoms with Crippen molar-refractivity contribution in [2.45, 2.75) is 38.8 Å². The van der Waals surface area contributed by atoms with Crippen LogP contribution in [0, 0.1) is 5.92 Å². The van der Waals surface area contributed by atoms with Crippen LogP contribution in [0.1, 0.15) is 36.9 Å². The third kappa shape index (κ3) is 4.40. The van der Waals surface area contributed by atoms with Crippen LogP contribution in [0.25, 0.3) is 22.3 Å². The van der Waals surface area contributed by atoms with Crippen LogP contribution < -0.4 is 10.6 Å². The number of carbonyl (C=O) groups is 1. The van der Waals surface area contributed by atoms with Gasteiger partial charge < -0.3 is 15.5 Å². The monoisotopic (exact) mass is 507 g/mol. The lowest BCUT2D eigenvalue weighted by Crippen LogP contribution is -2.40. The summed E-state index contributed by atoms with van der Waals surface area (Å²) in [5.74, 6) is 0.982. The molecule has 1 saturated heterocycles. The molecular weight excluding hydrogens is 474 g/mol. The molecule has 0 spiro atoms. The molecule has 0 aliphatic carbocycles. The third-order valence-electron chi connectivity index (χ3n) is 7.78. The molecule has 2 unspecified atom stereocenters. The highest BCUT2D eigenvalue weighted by molar-refractivity contribution is 5.98. The molecule has 0 radical (unpaired) electrons. The molecule has 2 aliphatic rings. The number of likely N-dealkylation sites (tertiary alicyclic amines) is 1. The number of hydrogen-bond acceptors (Lipinski definition) is 6. The second-order valence-electron chi connectivity index (χ2n) is 10.6. The third-order valence-corrected chi connectivity index (χ3v) is 7.78. The summed E-state index contributed by atoms with van der Waals surface area (Å²) < 4.78 is 1.94. The van der Waals surface area contributed by atoms with Crippen LogP contribution in [0.4, 0.5) is 11.5 Å².